The second kappa shape index (κ2) is 3.53. The van der Waals surface area contributed by atoms with Gasteiger partial charge in [-0.25, -0.2) is 4.39 Å². The van der Waals surface area contributed by atoms with E-state index in [2.05, 4.69) is 0 Å². The molecule has 0 heterocycles. The second-order valence-electron chi connectivity index (χ2n) is 1.62. The molecule has 0 aliphatic heterocycles. The van der Waals surface area contributed by atoms with Crippen molar-refractivity contribution >= 4 is 0 Å². The Morgan fingerprint density at radius 2 is 1.80 bits per heavy atom. The van der Waals surface area contributed by atoms with Gasteiger partial charge in [0, 0.05) is 0 Å². The summed E-state index contributed by atoms with van der Waals surface area (Å²) in [5, 5.41) is 0. The van der Waals surface area contributed by atoms with Gasteiger partial charge < -0.3 is 0 Å². The van der Waals surface area contributed by atoms with Crippen molar-refractivity contribution in [2.24, 2.45) is 5.92 Å². The molecular weight excluding hydrogens is 155 g/mol. The maximum absolute atomic E-state index is 11.4. The summed E-state index contributed by atoms with van der Waals surface area (Å²) >= 11 is 0. The minimum Gasteiger partial charge on any atom is -0.250 e. The topological polar surface area (TPSA) is 0 Å². The minimum absolute atomic E-state index is 0.139. The Hall–Kier alpha value is -0.610. The predicted molar refractivity (Wildman–Crippen MR) is 25.8 cm³/mol. The van der Waals surface area contributed by atoms with Gasteiger partial charge >= 0.3 is 6.18 Å². The normalized spacial score (nSPS) is 16.1. The lowest BCUT2D eigenvalue weighted by atomic mass is 10.1. The molecule has 0 fully saturated rings. The highest BCUT2D eigenvalue weighted by molar-refractivity contribution is 4.86. The van der Waals surface area contributed by atoms with Crippen LogP contribution in [0.15, 0.2) is 12.4 Å². The molecule has 0 aliphatic rings. The van der Waals surface area contributed by atoms with E-state index in [0.29, 0.717) is 0 Å². The van der Waals surface area contributed by atoms with Crippen LogP contribution >= 0.6 is 0 Å². The summed E-state index contributed by atoms with van der Waals surface area (Å²) in [5.74, 6) is -2.31. The van der Waals surface area contributed by atoms with Crippen LogP contribution in [0.1, 0.15) is 0 Å². The first-order valence-corrected chi connectivity index (χ1v) is 2.42. The Balaban J connectivity index is 4.07. The molecule has 0 saturated heterocycles. The highest BCUT2D eigenvalue weighted by atomic mass is 19.4. The van der Waals surface area contributed by atoms with Crippen LogP contribution in [0.3, 0.4) is 0 Å². The lowest BCUT2D eigenvalue weighted by molar-refractivity contribution is -0.164. The van der Waals surface area contributed by atoms with Gasteiger partial charge in [0.2, 0.25) is 0 Å². The fraction of sp³-hybridized carbons (Fsp3) is 0.600. The van der Waals surface area contributed by atoms with Crippen molar-refractivity contribution in [3.63, 3.8) is 0 Å². The molecule has 0 aliphatic carbocycles. The first-order valence-electron chi connectivity index (χ1n) is 2.42. The third-order valence-corrected chi connectivity index (χ3v) is 0.892. The van der Waals surface area contributed by atoms with Gasteiger partial charge in [-0.05, 0) is 6.08 Å². The minimum atomic E-state index is -4.68. The first kappa shape index (κ1) is 9.39. The van der Waals surface area contributed by atoms with Crippen molar-refractivity contribution in [2.75, 3.05) is 6.67 Å². The van der Waals surface area contributed by atoms with Crippen LogP contribution in [0.5, 0.6) is 0 Å². The van der Waals surface area contributed by atoms with Gasteiger partial charge in [-0.2, -0.15) is 13.2 Å². The smallest absolute Gasteiger partial charge is 0.250 e. The molecule has 0 N–H and O–H groups in total. The van der Waals surface area contributed by atoms with Gasteiger partial charge in [-0.1, -0.05) is 0 Å². The Morgan fingerprint density at radius 3 is 1.90 bits per heavy atom. The van der Waals surface area contributed by atoms with E-state index < -0.39 is 18.8 Å². The van der Waals surface area contributed by atoms with Gasteiger partial charge in [0.25, 0.3) is 0 Å². The molecule has 1 unspecified atom stereocenters. The largest absolute Gasteiger partial charge is 0.397 e. The third kappa shape index (κ3) is 2.80. The second-order valence-corrected chi connectivity index (χ2v) is 1.62. The molecule has 0 aromatic heterocycles. The van der Waals surface area contributed by atoms with Crippen LogP contribution in [0.2, 0.25) is 0 Å². The zero-order chi connectivity index (χ0) is 8.20. The molecule has 0 spiro atoms. The molecule has 60 valence electrons. The number of alkyl halides is 4. The van der Waals surface area contributed by atoms with Crippen LogP contribution in [0.4, 0.5) is 22.0 Å². The fourth-order valence-electron chi connectivity index (χ4n) is 0.336. The molecule has 1 atom stereocenters. The first-order chi connectivity index (χ1) is 4.52. The average Bonchev–Trinajstić information content (AvgIpc) is 1.80. The molecule has 0 amide bonds. The van der Waals surface area contributed by atoms with E-state index in [0.717, 1.165) is 0 Å². The van der Waals surface area contributed by atoms with Crippen LogP contribution < -0.4 is 0 Å². The van der Waals surface area contributed by atoms with E-state index in [4.69, 9.17) is 0 Å². The summed E-state index contributed by atoms with van der Waals surface area (Å²) in [5.41, 5.74) is 0. The SMILES string of the molecule is F/C=C/C(CF)C(F)(F)F. The fourth-order valence-corrected chi connectivity index (χ4v) is 0.336. The monoisotopic (exact) mass is 160 g/mol. The number of halogens is 5. The maximum atomic E-state index is 11.4. The molecule has 0 rings (SSSR count). The molecule has 0 aromatic rings. The van der Waals surface area contributed by atoms with E-state index in [1.54, 1.807) is 0 Å². The summed E-state index contributed by atoms with van der Waals surface area (Å²) in [6.45, 7) is -1.62. The lowest BCUT2D eigenvalue weighted by Crippen LogP contribution is -2.22. The summed E-state index contributed by atoms with van der Waals surface area (Å²) in [4.78, 5) is 0. The zero-order valence-electron chi connectivity index (χ0n) is 4.83. The van der Waals surface area contributed by atoms with Crippen molar-refractivity contribution in [2.45, 2.75) is 6.18 Å². The molecule has 10 heavy (non-hydrogen) atoms. The third-order valence-electron chi connectivity index (χ3n) is 0.892. The maximum Gasteiger partial charge on any atom is 0.397 e. The zero-order valence-corrected chi connectivity index (χ0v) is 4.83. The molecule has 0 radical (unpaired) electrons. The van der Waals surface area contributed by atoms with Gasteiger partial charge in [0.05, 0.1) is 6.33 Å². The Kier molecular flexibility index (Phi) is 3.32. The van der Waals surface area contributed by atoms with Crippen molar-refractivity contribution < 1.29 is 22.0 Å². The standard InChI is InChI=1S/C5H5F5/c6-2-1-4(3-7)5(8,9)10/h1-2,4H,3H2/b2-1+. The predicted octanol–water partition coefficient (Wildman–Crippen LogP) is 2.62. The van der Waals surface area contributed by atoms with Crippen LogP contribution in [0.25, 0.3) is 0 Å². The average molecular weight is 160 g/mol. The lowest BCUT2D eigenvalue weighted by Gasteiger charge is -2.11. The highest BCUT2D eigenvalue weighted by Crippen LogP contribution is 2.27. The van der Waals surface area contributed by atoms with Crippen molar-refractivity contribution in [3.8, 4) is 0 Å². The van der Waals surface area contributed by atoms with E-state index in [1.165, 1.54) is 0 Å². The van der Waals surface area contributed by atoms with Crippen molar-refractivity contribution in [1.29, 1.82) is 0 Å². The summed E-state index contributed by atoms with van der Waals surface area (Å²) < 4.78 is 56.9. The van der Waals surface area contributed by atoms with Crippen LogP contribution in [-0.4, -0.2) is 12.9 Å². The number of hydrogen-bond acceptors (Lipinski definition) is 0. The van der Waals surface area contributed by atoms with Gasteiger partial charge in [-0.3, -0.25) is 4.39 Å². The van der Waals surface area contributed by atoms with Gasteiger partial charge in [0.15, 0.2) is 0 Å². The van der Waals surface area contributed by atoms with E-state index in [1.807, 2.05) is 0 Å². The van der Waals surface area contributed by atoms with Crippen molar-refractivity contribution in [3.05, 3.63) is 12.4 Å². The molecule has 0 aromatic carbocycles. The molecule has 0 nitrogen and oxygen atoms in total. The molecule has 0 bridgehead atoms. The van der Waals surface area contributed by atoms with Gasteiger partial charge in [0.1, 0.15) is 12.6 Å². The van der Waals surface area contributed by atoms with E-state index in [-0.39, 0.29) is 12.4 Å². The molecule has 5 heteroatoms. The van der Waals surface area contributed by atoms with Crippen molar-refractivity contribution in [1.82, 2.24) is 0 Å². The Morgan fingerprint density at radius 1 is 1.30 bits per heavy atom. The summed E-state index contributed by atoms with van der Waals surface area (Å²) in [6.07, 6.45) is -4.85. The number of rotatable bonds is 2. The number of allylic oxidation sites excluding steroid dienone is 1. The highest BCUT2D eigenvalue weighted by Gasteiger charge is 2.37. The quantitative estimate of drug-likeness (QED) is 0.544. The molecule has 0 saturated carbocycles. The number of hydrogen-bond donors (Lipinski definition) is 0. The van der Waals surface area contributed by atoms with Crippen LogP contribution in [0, 0.1) is 5.92 Å². The Labute approximate surface area is 54.3 Å². The van der Waals surface area contributed by atoms with Gasteiger partial charge in [-0.15, -0.1) is 0 Å². The van der Waals surface area contributed by atoms with Crippen LogP contribution in [-0.2, 0) is 0 Å². The summed E-state index contributed by atoms with van der Waals surface area (Å²) in [6, 6.07) is 0. The van der Waals surface area contributed by atoms with E-state index >= 15 is 0 Å². The Bertz CT molecular complexity index is 114. The summed E-state index contributed by atoms with van der Waals surface area (Å²) in [7, 11) is 0. The van der Waals surface area contributed by atoms with E-state index in [9.17, 15) is 22.0 Å². The molecular formula is C5H5F5.